The number of hydrogen-bond donors (Lipinski definition) is 1. The molecule has 1 rings (SSSR count). The Hall–Kier alpha value is -1.18. The third kappa shape index (κ3) is 4.24. The van der Waals surface area contributed by atoms with E-state index in [0.717, 1.165) is 6.42 Å². The summed E-state index contributed by atoms with van der Waals surface area (Å²) in [5.74, 6) is 0.807. The van der Waals surface area contributed by atoms with E-state index >= 15 is 0 Å². The molecule has 0 aliphatic carbocycles. The van der Waals surface area contributed by atoms with Crippen LogP contribution in [0.3, 0.4) is 0 Å². The summed E-state index contributed by atoms with van der Waals surface area (Å²) in [6.07, 6.45) is 4.87. The molecule has 1 aromatic carbocycles. The van der Waals surface area contributed by atoms with Gasteiger partial charge in [-0.05, 0) is 31.9 Å². The van der Waals surface area contributed by atoms with Gasteiger partial charge in [0.25, 0.3) is 0 Å². The van der Waals surface area contributed by atoms with Crippen LogP contribution in [0.2, 0.25) is 0 Å². The molecule has 0 bridgehead atoms. The standard InChI is InChI=1S/C13H20O2/c1-3-4-5-8-11(2)15-13-10-7-6-9-12(13)14/h6-7,9-11,14H,3-5,8H2,1-2H3. The molecule has 0 heterocycles. The molecule has 1 unspecified atom stereocenters. The second-order valence-electron chi connectivity index (χ2n) is 3.89. The first-order chi connectivity index (χ1) is 7.24. The highest BCUT2D eigenvalue weighted by Gasteiger charge is 2.06. The molecule has 2 nitrogen and oxygen atoms in total. The van der Waals surface area contributed by atoms with E-state index in [-0.39, 0.29) is 11.9 Å². The lowest BCUT2D eigenvalue weighted by Gasteiger charge is -2.15. The molecule has 0 spiro atoms. The topological polar surface area (TPSA) is 29.5 Å². The molecular formula is C13H20O2. The van der Waals surface area contributed by atoms with E-state index in [1.54, 1.807) is 18.2 Å². The average Bonchev–Trinajstić information content (AvgIpc) is 2.22. The molecule has 0 aliphatic heterocycles. The number of unbranched alkanes of at least 4 members (excludes halogenated alkanes) is 2. The Labute approximate surface area is 91.9 Å². The van der Waals surface area contributed by atoms with Crippen molar-refractivity contribution >= 4 is 0 Å². The number of benzene rings is 1. The lowest BCUT2D eigenvalue weighted by molar-refractivity contribution is 0.199. The van der Waals surface area contributed by atoms with Gasteiger partial charge in [0.2, 0.25) is 0 Å². The van der Waals surface area contributed by atoms with Crippen LogP contribution >= 0.6 is 0 Å². The van der Waals surface area contributed by atoms with Gasteiger partial charge in [-0.3, -0.25) is 0 Å². The van der Waals surface area contributed by atoms with Gasteiger partial charge >= 0.3 is 0 Å². The lowest BCUT2D eigenvalue weighted by Crippen LogP contribution is -2.11. The smallest absolute Gasteiger partial charge is 0.161 e. The second kappa shape index (κ2) is 6.33. The zero-order valence-corrected chi connectivity index (χ0v) is 9.57. The molecule has 15 heavy (non-hydrogen) atoms. The van der Waals surface area contributed by atoms with Crippen molar-refractivity contribution in [1.82, 2.24) is 0 Å². The van der Waals surface area contributed by atoms with E-state index in [0.29, 0.717) is 5.75 Å². The summed E-state index contributed by atoms with van der Waals surface area (Å²) >= 11 is 0. The Balaban J connectivity index is 2.37. The average molecular weight is 208 g/mol. The molecule has 1 atom stereocenters. The van der Waals surface area contributed by atoms with Crippen LogP contribution in [0.25, 0.3) is 0 Å². The van der Waals surface area contributed by atoms with Crippen molar-refractivity contribution < 1.29 is 9.84 Å². The molecule has 0 saturated heterocycles. The molecule has 0 saturated carbocycles. The number of hydrogen-bond acceptors (Lipinski definition) is 2. The molecule has 1 aromatic rings. The summed E-state index contributed by atoms with van der Waals surface area (Å²) in [6.45, 7) is 4.23. The Morgan fingerprint density at radius 1 is 1.27 bits per heavy atom. The maximum absolute atomic E-state index is 9.51. The maximum Gasteiger partial charge on any atom is 0.161 e. The summed E-state index contributed by atoms with van der Waals surface area (Å²) in [4.78, 5) is 0. The summed E-state index contributed by atoms with van der Waals surface area (Å²) < 4.78 is 5.64. The van der Waals surface area contributed by atoms with Gasteiger partial charge in [-0.2, -0.15) is 0 Å². The van der Waals surface area contributed by atoms with Crippen LogP contribution in [0.5, 0.6) is 11.5 Å². The van der Waals surface area contributed by atoms with Gasteiger partial charge in [0, 0.05) is 0 Å². The quantitative estimate of drug-likeness (QED) is 0.722. The number of para-hydroxylation sites is 2. The minimum absolute atomic E-state index is 0.171. The predicted molar refractivity (Wildman–Crippen MR) is 62.3 cm³/mol. The van der Waals surface area contributed by atoms with Crippen LogP contribution < -0.4 is 4.74 Å². The number of phenols is 1. The number of ether oxygens (including phenoxy) is 1. The fraction of sp³-hybridized carbons (Fsp3) is 0.538. The molecule has 0 radical (unpaired) electrons. The van der Waals surface area contributed by atoms with Crippen molar-refractivity contribution in [2.45, 2.75) is 45.6 Å². The first kappa shape index (κ1) is 11.9. The summed E-state index contributed by atoms with van der Waals surface area (Å²) in [6, 6.07) is 7.11. The van der Waals surface area contributed by atoms with Crippen LogP contribution in [0.1, 0.15) is 39.5 Å². The number of phenolic OH excluding ortho intramolecular Hbond substituents is 1. The maximum atomic E-state index is 9.51. The highest BCUT2D eigenvalue weighted by Crippen LogP contribution is 2.26. The van der Waals surface area contributed by atoms with Gasteiger partial charge in [-0.25, -0.2) is 0 Å². The minimum atomic E-state index is 0.171. The third-order valence-corrected chi connectivity index (χ3v) is 2.41. The van der Waals surface area contributed by atoms with E-state index < -0.39 is 0 Å². The first-order valence-corrected chi connectivity index (χ1v) is 5.68. The van der Waals surface area contributed by atoms with E-state index in [4.69, 9.17) is 4.74 Å². The summed E-state index contributed by atoms with van der Waals surface area (Å²) in [5, 5.41) is 9.51. The van der Waals surface area contributed by atoms with Gasteiger partial charge in [-0.1, -0.05) is 31.9 Å². The molecule has 0 aliphatic rings. The number of rotatable bonds is 6. The monoisotopic (exact) mass is 208 g/mol. The fourth-order valence-electron chi connectivity index (χ4n) is 1.51. The van der Waals surface area contributed by atoms with Gasteiger partial charge in [0.05, 0.1) is 6.10 Å². The van der Waals surface area contributed by atoms with Crippen molar-refractivity contribution in [1.29, 1.82) is 0 Å². The summed E-state index contributed by atoms with van der Waals surface area (Å²) in [7, 11) is 0. The van der Waals surface area contributed by atoms with Crippen molar-refractivity contribution in [2.24, 2.45) is 0 Å². The zero-order chi connectivity index (χ0) is 11.1. The molecule has 0 amide bonds. The molecule has 0 aromatic heterocycles. The number of aromatic hydroxyl groups is 1. The highest BCUT2D eigenvalue weighted by molar-refractivity contribution is 5.37. The van der Waals surface area contributed by atoms with Gasteiger partial charge in [0.15, 0.2) is 11.5 Å². The third-order valence-electron chi connectivity index (χ3n) is 2.41. The normalized spacial score (nSPS) is 12.4. The Morgan fingerprint density at radius 3 is 2.67 bits per heavy atom. The molecule has 1 N–H and O–H groups in total. The van der Waals surface area contributed by atoms with Crippen molar-refractivity contribution in [3.63, 3.8) is 0 Å². The van der Waals surface area contributed by atoms with E-state index in [9.17, 15) is 5.11 Å². The molecule has 0 fully saturated rings. The Kier molecular flexibility index (Phi) is 5.02. The second-order valence-corrected chi connectivity index (χ2v) is 3.89. The molecule has 84 valence electrons. The minimum Gasteiger partial charge on any atom is -0.504 e. The van der Waals surface area contributed by atoms with Crippen molar-refractivity contribution in [3.8, 4) is 11.5 Å². The Bertz CT molecular complexity index is 284. The van der Waals surface area contributed by atoms with Crippen LogP contribution in [-0.4, -0.2) is 11.2 Å². The zero-order valence-electron chi connectivity index (χ0n) is 9.57. The molecule has 2 heteroatoms. The largest absolute Gasteiger partial charge is 0.504 e. The van der Waals surface area contributed by atoms with Crippen molar-refractivity contribution in [3.05, 3.63) is 24.3 Å². The molecular weight excluding hydrogens is 188 g/mol. The van der Waals surface area contributed by atoms with Gasteiger partial charge in [-0.15, -0.1) is 0 Å². The van der Waals surface area contributed by atoms with Crippen LogP contribution in [-0.2, 0) is 0 Å². The van der Waals surface area contributed by atoms with Gasteiger partial charge in [0.1, 0.15) is 0 Å². The Morgan fingerprint density at radius 2 is 2.00 bits per heavy atom. The SMILES string of the molecule is CCCCCC(C)Oc1ccccc1O. The first-order valence-electron chi connectivity index (χ1n) is 5.68. The van der Waals surface area contributed by atoms with Crippen molar-refractivity contribution in [2.75, 3.05) is 0 Å². The fourth-order valence-corrected chi connectivity index (χ4v) is 1.51. The highest BCUT2D eigenvalue weighted by atomic mass is 16.5. The van der Waals surface area contributed by atoms with E-state index in [1.807, 2.05) is 13.0 Å². The van der Waals surface area contributed by atoms with Gasteiger partial charge < -0.3 is 9.84 Å². The summed E-state index contributed by atoms with van der Waals surface area (Å²) in [5.41, 5.74) is 0. The van der Waals surface area contributed by atoms with Crippen LogP contribution in [0, 0.1) is 0 Å². The van der Waals surface area contributed by atoms with E-state index in [1.165, 1.54) is 19.3 Å². The van der Waals surface area contributed by atoms with Crippen LogP contribution in [0.4, 0.5) is 0 Å². The van der Waals surface area contributed by atoms with Crippen LogP contribution in [0.15, 0.2) is 24.3 Å². The predicted octanol–water partition coefficient (Wildman–Crippen LogP) is 3.74. The van der Waals surface area contributed by atoms with E-state index in [2.05, 4.69) is 6.92 Å². The lowest BCUT2D eigenvalue weighted by atomic mass is 10.1.